The van der Waals surface area contributed by atoms with Crippen LogP contribution in [0.4, 0.5) is 5.69 Å². The molecule has 0 atom stereocenters. The summed E-state index contributed by atoms with van der Waals surface area (Å²) in [6.45, 7) is 4.40. The summed E-state index contributed by atoms with van der Waals surface area (Å²) in [6.07, 6.45) is 3.08. The molecule has 0 radical (unpaired) electrons. The number of hydrogen-bond donors (Lipinski definition) is 1. The molecule has 0 saturated heterocycles. The smallest absolute Gasteiger partial charge is 0.271 e. The molecule has 0 amide bonds. The molecular weight excluding hydrogens is 302 g/mol. The quantitative estimate of drug-likeness (QED) is 0.878. The van der Waals surface area contributed by atoms with E-state index in [1.54, 1.807) is 49.0 Å². The molecule has 2 aromatic rings. The maximum absolute atomic E-state index is 12.1. The second kappa shape index (κ2) is 6.60. The molecule has 7 nitrogen and oxygen atoms in total. The summed E-state index contributed by atoms with van der Waals surface area (Å²) in [5.41, 5.74) is 1.68. The lowest BCUT2D eigenvalue weighted by molar-refractivity contribution is 0.449. The van der Waals surface area contributed by atoms with Gasteiger partial charge in [0.2, 0.25) is 0 Å². The second-order valence-corrected chi connectivity index (χ2v) is 6.19. The molecule has 2 rings (SSSR count). The Balaban J connectivity index is 2.17. The van der Waals surface area contributed by atoms with Crippen LogP contribution in [0.2, 0.25) is 0 Å². The van der Waals surface area contributed by atoms with Gasteiger partial charge in [-0.25, -0.2) is 4.68 Å². The van der Waals surface area contributed by atoms with Crippen LogP contribution in [0.1, 0.15) is 19.4 Å². The average molecular weight is 319 g/mol. The zero-order chi connectivity index (χ0) is 16.2. The number of nitriles is 1. The van der Waals surface area contributed by atoms with E-state index in [0.29, 0.717) is 24.3 Å². The van der Waals surface area contributed by atoms with E-state index in [1.165, 1.54) is 10.5 Å². The van der Waals surface area contributed by atoms with Crippen molar-refractivity contribution < 1.29 is 8.42 Å². The Labute approximate surface area is 130 Å². The first-order valence-corrected chi connectivity index (χ1v) is 8.27. The molecule has 0 aliphatic carbocycles. The fourth-order valence-electron chi connectivity index (χ4n) is 1.98. The first-order valence-electron chi connectivity index (χ1n) is 6.83. The Morgan fingerprint density at radius 1 is 1.27 bits per heavy atom. The number of benzene rings is 1. The fraction of sp³-hybridized carbons (Fsp3) is 0.286. The van der Waals surface area contributed by atoms with Crippen molar-refractivity contribution in [3.05, 3.63) is 42.2 Å². The molecular formula is C14H17N5O2S. The summed E-state index contributed by atoms with van der Waals surface area (Å²) >= 11 is 0. The number of nitrogens with one attached hydrogen (secondary N) is 1. The number of aromatic nitrogens is 2. The van der Waals surface area contributed by atoms with E-state index in [9.17, 15) is 8.42 Å². The third-order valence-corrected chi connectivity index (χ3v) is 4.83. The third-order valence-electron chi connectivity index (χ3n) is 3.14. The van der Waals surface area contributed by atoms with E-state index in [2.05, 4.69) is 9.82 Å². The minimum Gasteiger partial charge on any atom is -0.271 e. The molecule has 8 heteroatoms. The number of anilines is 1. The average Bonchev–Trinajstić information content (AvgIpc) is 2.97. The summed E-state index contributed by atoms with van der Waals surface area (Å²) in [6, 6.07) is 8.78. The molecule has 1 aromatic carbocycles. The van der Waals surface area contributed by atoms with Gasteiger partial charge in [-0.3, -0.25) is 4.72 Å². The zero-order valence-electron chi connectivity index (χ0n) is 12.4. The van der Waals surface area contributed by atoms with Crippen LogP contribution in [0.25, 0.3) is 5.69 Å². The van der Waals surface area contributed by atoms with Crippen molar-refractivity contribution in [3.63, 3.8) is 0 Å². The van der Waals surface area contributed by atoms with Gasteiger partial charge in [0.15, 0.2) is 0 Å². The second-order valence-electron chi connectivity index (χ2n) is 4.52. The molecule has 0 aliphatic heterocycles. The molecule has 1 N–H and O–H groups in total. The highest BCUT2D eigenvalue weighted by Crippen LogP contribution is 2.15. The van der Waals surface area contributed by atoms with E-state index < -0.39 is 10.2 Å². The normalized spacial score (nSPS) is 11.4. The molecule has 0 bridgehead atoms. The maximum atomic E-state index is 12.1. The van der Waals surface area contributed by atoms with Crippen LogP contribution in [0.3, 0.4) is 0 Å². The molecule has 0 unspecified atom stereocenters. The molecule has 1 heterocycles. The molecule has 0 saturated carbocycles. The minimum absolute atomic E-state index is 0.411. The molecule has 0 spiro atoms. The van der Waals surface area contributed by atoms with Crippen molar-refractivity contribution in [2.45, 2.75) is 13.8 Å². The lowest BCUT2D eigenvalue weighted by Gasteiger charge is -2.19. The number of hydrogen-bond acceptors (Lipinski definition) is 4. The van der Waals surface area contributed by atoms with Gasteiger partial charge in [0.1, 0.15) is 6.07 Å². The molecule has 22 heavy (non-hydrogen) atoms. The van der Waals surface area contributed by atoms with Gasteiger partial charge in [0, 0.05) is 25.0 Å². The van der Waals surface area contributed by atoms with Gasteiger partial charge in [0.25, 0.3) is 0 Å². The van der Waals surface area contributed by atoms with Gasteiger partial charge in [-0.1, -0.05) is 13.8 Å². The lowest BCUT2D eigenvalue weighted by atomic mass is 10.3. The standard InChI is InChI=1S/C14H17N5O2S/c1-3-18(4-2)22(20,21)17-13-5-7-14(8-6-13)19-11-12(9-15)10-16-19/h5-8,10-11,17H,3-4H2,1-2H3. The van der Waals surface area contributed by atoms with Crippen molar-refractivity contribution in [2.24, 2.45) is 0 Å². The van der Waals surface area contributed by atoms with Crippen LogP contribution in [0.15, 0.2) is 36.7 Å². The van der Waals surface area contributed by atoms with Gasteiger partial charge in [-0.15, -0.1) is 0 Å². The predicted octanol–water partition coefficient (Wildman–Crippen LogP) is 1.74. The Bertz CT molecular complexity index is 770. The van der Waals surface area contributed by atoms with Crippen LogP contribution in [0, 0.1) is 11.3 Å². The van der Waals surface area contributed by atoms with Crippen molar-refractivity contribution in [3.8, 4) is 11.8 Å². The topological polar surface area (TPSA) is 91.0 Å². The SMILES string of the molecule is CCN(CC)S(=O)(=O)Nc1ccc(-n2cc(C#N)cn2)cc1. The Morgan fingerprint density at radius 2 is 1.91 bits per heavy atom. The highest BCUT2D eigenvalue weighted by Gasteiger charge is 2.18. The van der Waals surface area contributed by atoms with Gasteiger partial charge >= 0.3 is 10.2 Å². The van der Waals surface area contributed by atoms with E-state index in [0.717, 1.165) is 5.69 Å². The summed E-state index contributed by atoms with van der Waals surface area (Å²) in [4.78, 5) is 0. The molecule has 116 valence electrons. The largest absolute Gasteiger partial charge is 0.301 e. The van der Waals surface area contributed by atoms with Gasteiger partial charge in [-0.2, -0.15) is 23.1 Å². The van der Waals surface area contributed by atoms with Gasteiger partial charge in [0.05, 0.1) is 17.4 Å². The van der Waals surface area contributed by atoms with E-state index in [4.69, 9.17) is 5.26 Å². The molecule has 1 aromatic heterocycles. The lowest BCUT2D eigenvalue weighted by Crippen LogP contribution is -2.35. The highest BCUT2D eigenvalue weighted by atomic mass is 32.2. The van der Waals surface area contributed by atoms with Crippen LogP contribution < -0.4 is 4.72 Å². The fourth-order valence-corrected chi connectivity index (χ4v) is 3.22. The van der Waals surface area contributed by atoms with E-state index in [1.807, 2.05) is 6.07 Å². The van der Waals surface area contributed by atoms with Crippen molar-refractivity contribution in [1.29, 1.82) is 5.26 Å². The first kappa shape index (κ1) is 16.0. The van der Waals surface area contributed by atoms with Crippen LogP contribution in [-0.2, 0) is 10.2 Å². The maximum Gasteiger partial charge on any atom is 0.301 e. The summed E-state index contributed by atoms with van der Waals surface area (Å²) < 4.78 is 29.7. The highest BCUT2D eigenvalue weighted by molar-refractivity contribution is 7.90. The summed E-state index contributed by atoms with van der Waals surface area (Å²) in [7, 11) is -3.54. The summed E-state index contributed by atoms with van der Waals surface area (Å²) in [5.74, 6) is 0. The molecule has 0 aliphatic rings. The Kier molecular flexibility index (Phi) is 4.80. The monoisotopic (exact) mass is 319 g/mol. The zero-order valence-corrected chi connectivity index (χ0v) is 13.2. The third kappa shape index (κ3) is 3.44. The van der Waals surface area contributed by atoms with Gasteiger partial charge < -0.3 is 0 Å². The van der Waals surface area contributed by atoms with Crippen molar-refractivity contribution >= 4 is 15.9 Å². The molecule has 0 fully saturated rings. The van der Waals surface area contributed by atoms with Crippen LogP contribution in [0.5, 0.6) is 0 Å². The van der Waals surface area contributed by atoms with E-state index >= 15 is 0 Å². The first-order chi connectivity index (χ1) is 10.5. The predicted molar refractivity (Wildman–Crippen MR) is 83.7 cm³/mol. The van der Waals surface area contributed by atoms with Crippen molar-refractivity contribution in [2.75, 3.05) is 17.8 Å². The minimum atomic E-state index is -3.54. The van der Waals surface area contributed by atoms with Crippen LogP contribution in [-0.4, -0.2) is 35.6 Å². The van der Waals surface area contributed by atoms with E-state index in [-0.39, 0.29) is 0 Å². The number of rotatable bonds is 6. The Hall–Kier alpha value is -2.37. The summed E-state index contributed by atoms with van der Waals surface area (Å²) in [5, 5.41) is 12.8. The van der Waals surface area contributed by atoms with Crippen LogP contribution >= 0.6 is 0 Å². The van der Waals surface area contributed by atoms with Crippen molar-refractivity contribution in [1.82, 2.24) is 14.1 Å². The Morgan fingerprint density at radius 3 is 2.41 bits per heavy atom. The van der Waals surface area contributed by atoms with Gasteiger partial charge in [-0.05, 0) is 24.3 Å². The number of nitrogens with zero attached hydrogens (tertiary/aromatic N) is 4.